The number of urea groups is 1. The SMILES string of the molecule is O=C(O)CC1CCCN(C(=O)NCCc2ccco2)C1. The summed E-state index contributed by atoms with van der Waals surface area (Å²) in [5.41, 5.74) is 0. The van der Waals surface area contributed by atoms with Gasteiger partial charge in [0.05, 0.1) is 6.26 Å². The van der Waals surface area contributed by atoms with E-state index in [0.29, 0.717) is 26.1 Å². The van der Waals surface area contributed by atoms with Crippen molar-refractivity contribution in [3.05, 3.63) is 24.2 Å². The minimum atomic E-state index is -0.796. The number of carboxylic acid groups (broad SMARTS) is 1. The topological polar surface area (TPSA) is 82.8 Å². The quantitative estimate of drug-likeness (QED) is 0.860. The van der Waals surface area contributed by atoms with Gasteiger partial charge in [0.2, 0.25) is 0 Å². The highest BCUT2D eigenvalue weighted by atomic mass is 16.4. The standard InChI is InChI=1S/C14H20N2O4/c17-13(18)9-11-3-1-7-16(10-11)14(19)15-6-5-12-4-2-8-20-12/h2,4,8,11H,1,3,5-7,9-10H2,(H,15,19)(H,17,18). The van der Waals surface area contributed by atoms with Crippen molar-refractivity contribution in [2.75, 3.05) is 19.6 Å². The number of aliphatic carboxylic acids is 1. The summed E-state index contributed by atoms with van der Waals surface area (Å²) < 4.78 is 5.19. The van der Waals surface area contributed by atoms with Gasteiger partial charge in [0.15, 0.2) is 0 Å². The number of hydrogen-bond acceptors (Lipinski definition) is 3. The van der Waals surface area contributed by atoms with E-state index in [2.05, 4.69) is 5.32 Å². The summed E-state index contributed by atoms with van der Waals surface area (Å²) in [6.45, 7) is 1.74. The molecular formula is C14H20N2O4. The Kier molecular flexibility index (Phi) is 5.03. The first-order valence-corrected chi connectivity index (χ1v) is 6.92. The highest BCUT2D eigenvalue weighted by Crippen LogP contribution is 2.19. The maximum absolute atomic E-state index is 12.0. The predicted octanol–water partition coefficient (Wildman–Crippen LogP) is 1.72. The van der Waals surface area contributed by atoms with E-state index in [4.69, 9.17) is 9.52 Å². The van der Waals surface area contributed by atoms with Crippen molar-refractivity contribution in [1.82, 2.24) is 10.2 Å². The van der Waals surface area contributed by atoms with E-state index in [0.717, 1.165) is 18.6 Å². The summed E-state index contributed by atoms with van der Waals surface area (Å²) in [5, 5.41) is 11.7. The molecule has 0 radical (unpaired) electrons. The summed E-state index contributed by atoms with van der Waals surface area (Å²) in [4.78, 5) is 24.4. The molecule has 110 valence electrons. The number of piperidine rings is 1. The summed E-state index contributed by atoms with van der Waals surface area (Å²) in [5.74, 6) is 0.111. The molecule has 2 heterocycles. The third-order valence-electron chi connectivity index (χ3n) is 3.50. The van der Waals surface area contributed by atoms with E-state index < -0.39 is 5.97 Å². The number of likely N-dealkylation sites (tertiary alicyclic amines) is 1. The summed E-state index contributed by atoms with van der Waals surface area (Å²) in [6.07, 6.45) is 4.14. The van der Waals surface area contributed by atoms with Crippen LogP contribution in [-0.2, 0) is 11.2 Å². The van der Waals surface area contributed by atoms with Crippen LogP contribution in [0, 0.1) is 5.92 Å². The molecule has 0 bridgehead atoms. The molecule has 1 fully saturated rings. The zero-order valence-electron chi connectivity index (χ0n) is 11.4. The lowest BCUT2D eigenvalue weighted by Crippen LogP contribution is -2.46. The van der Waals surface area contributed by atoms with Gasteiger partial charge in [-0.1, -0.05) is 0 Å². The zero-order valence-corrected chi connectivity index (χ0v) is 11.4. The Morgan fingerprint density at radius 3 is 3.05 bits per heavy atom. The van der Waals surface area contributed by atoms with Crippen molar-refractivity contribution in [2.45, 2.75) is 25.7 Å². The maximum atomic E-state index is 12.0. The van der Waals surface area contributed by atoms with Crippen molar-refractivity contribution in [3.63, 3.8) is 0 Å². The summed E-state index contributed by atoms with van der Waals surface area (Å²) in [7, 11) is 0. The van der Waals surface area contributed by atoms with Crippen molar-refractivity contribution in [2.24, 2.45) is 5.92 Å². The molecule has 2 rings (SSSR count). The van der Waals surface area contributed by atoms with Gasteiger partial charge in [-0.25, -0.2) is 4.79 Å². The number of amides is 2. The lowest BCUT2D eigenvalue weighted by atomic mass is 9.95. The van der Waals surface area contributed by atoms with Gasteiger partial charge >= 0.3 is 12.0 Å². The first kappa shape index (κ1) is 14.4. The van der Waals surface area contributed by atoms with Crippen LogP contribution in [0.5, 0.6) is 0 Å². The average molecular weight is 280 g/mol. The molecule has 1 aromatic rings. The van der Waals surface area contributed by atoms with Crippen LogP contribution in [0.2, 0.25) is 0 Å². The molecule has 1 unspecified atom stereocenters. The smallest absolute Gasteiger partial charge is 0.317 e. The molecule has 20 heavy (non-hydrogen) atoms. The van der Waals surface area contributed by atoms with Crippen LogP contribution in [-0.4, -0.2) is 41.6 Å². The second kappa shape index (κ2) is 6.98. The molecule has 1 saturated heterocycles. The van der Waals surface area contributed by atoms with Crippen LogP contribution in [0.3, 0.4) is 0 Å². The average Bonchev–Trinajstić information content (AvgIpc) is 2.91. The monoisotopic (exact) mass is 280 g/mol. The van der Waals surface area contributed by atoms with E-state index in [1.54, 1.807) is 11.2 Å². The van der Waals surface area contributed by atoms with E-state index in [-0.39, 0.29) is 18.4 Å². The fourth-order valence-corrected chi connectivity index (χ4v) is 2.52. The first-order valence-electron chi connectivity index (χ1n) is 6.92. The number of nitrogens with zero attached hydrogens (tertiary/aromatic N) is 1. The summed E-state index contributed by atoms with van der Waals surface area (Å²) >= 11 is 0. The van der Waals surface area contributed by atoms with Gasteiger partial charge in [0.25, 0.3) is 0 Å². The van der Waals surface area contributed by atoms with Crippen LogP contribution in [0.1, 0.15) is 25.0 Å². The molecule has 1 aromatic heterocycles. The van der Waals surface area contributed by atoms with E-state index in [1.807, 2.05) is 12.1 Å². The van der Waals surface area contributed by atoms with Crippen LogP contribution in [0.15, 0.2) is 22.8 Å². The Balaban J connectivity index is 1.72. The van der Waals surface area contributed by atoms with Crippen LogP contribution >= 0.6 is 0 Å². The van der Waals surface area contributed by atoms with Gasteiger partial charge in [-0.3, -0.25) is 4.79 Å². The molecule has 2 N–H and O–H groups in total. The van der Waals surface area contributed by atoms with E-state index in [9.17, 15) is 9.59 Å². The number of furan rings is 1. The molecule has 1 aliphatic rings. The Bertz CT molecular complexity index is 444. The normalized spacial score (nSPS) is 18.8. The highest BCUT2D eigenvalue weighted by Gasteiger charge is 2.24. The van der Waals surface area contributed by atoms with Crippen LogP contribution in [0.4, 0.5) is 4.79 Å². The molecule has 0 spiro atoms. The van der Waals surface area contributed by atoms with Crippen LogP contribution in [0.25, 0.3) is 0 Å². The molecule has 6 nitrogen and oxygen atoms in total. The third-order valence-corrected chi connectivity index (χ3v) is 3.50. The van der Waals surface area contributed by atoms with Gasteiger partial charge in [-0.05, 0) is 30.9 Å². The maximum Gasteiger partial charge on any atom is 0.317 e. The molecular weight excluding hydrogens is 260 g/mol. The predicted molar refractivity (Wildman–Crippen MR) is 72.4 cm³/mol. The van der Waals surface area contributed by atoms with Crippen molar-refractivity contribution in [1.29, 1.82) is 0 Å². The lowest BCUT2D eigenvalue weighted by Gasteiger charge is -2.32. The van der Waals surface area contributed by atoms with Gasteiger partial charge in [-0.2, -0.15) is 0 Å². The fraction of sp³-hybridized carbons (Fsp3) is 0.571. The summed E-state index contributed by atoms with van der Waals surface area (Å²) in [6, 6.07) is 3.57. The van der Waals surface area contributed by atoms with Gasteiger partial charge < -0.3 is 19.7 Å². The Morgan fingerprint density at radius 2 is 2.35 bits per heavy atom. The minimum absolute atomic E-state index is 0.0667. The third kappa shape index (κ3) is 4.29. The first-order chi connectivity index (χ1) is 9.65. The number of carbonyl (C=O) groups is 2. The molecule has 6 heteroatoms. The number of hydrogen-bond donors (Lipinski definition) is 2. The molecule has 0 saturated carbocycles. The number of carbonyl (C=O) groups excluding carboxylic acids is 1. The van der Waals surface area contributed by atoms with Crippen LogP contribution < -0.4 is 5.32 Å². The van der Waals surface area contributed by atoms with Gasteiger partial charge in [0.1, 0.15) is 5.76 Å². The second-order valence-corrected chi connectivity index (χ2v) is 5.11. The second-order valence-electron chi connectivity index (χ2n) is 5.11. The van der Waals surface area contributed by atoms with Crippen molar-refractivity contribution < 1.29 is 19.1 Å². The Morgan fingerprint density at radius 1 is 1.50 bits per heavy atom. The van der Waals surface area contributed by atoms with Gasteiger partial charge in [-0.15, -0.1) is 0 Å². The highest BCUT2D eigenvalue weighted by molar-refractivity contribution is 5.74. The lowest BCUT2D eigenvalue weighted by molar-refractivity contribution is -0.138. The fourth-order valence-electron chi connectivity index (χ4n) is 2.52. The molecule has 0 aromatic carbocycles. The van der Waals surface area contributed by atoms with Gasteiger partial charge in [0, 0.05) is 32.5 Å². The number of nitrogens with one attached hydrogen (secondary N) is 1. The Hall–Kier alpha value is -1.98. The van der Waals surface area contributed by atoms with E-state index in [1.165, 1.54) is 0 Å². The molecule has 2 amide bonds. The molecule has 1 aliphatic heterocycles. The molecule has 0 aliphatic carbocycles. The minimum Gasteiger partial charge on any atom is -0.481 e. The van der Waals surface area contributed by atoms with E-state index >= 15 is 0 Å². The van der Waals surface area contributed by atoms with Crippen molar-refractivity contribution in [3.8, 4) is 0 Å². The number of rotatable bonds is 5. The Labute approximate surface area is 117 Å². The molecule has 1 atom stereocenters. The largest absolute Gasteiger partial charge is 0.481 e. The number of carboxylic acids is 1. The zero-order chi connectivity index (χ0) is 14.4. The van der Waals surface area contributed by atoms with Crippen molar-refractivity contribution >= 4 is 12.0 Å².